The van der Waals surface area contributed by atoms with Crippen molar-refractivity contribution in [1.29, 1.82) is 0 Å². The van der Waals surface area contributed by atoms with Crippen LogP contribution in [0.15, 0.2) is 128 Å². The predicted octanol–water partition coefficient (Wildman–Crippen LogP) is 8.56. The Hall–Kier alpha value is -7.61. The molecule has 0 bridgehead atoms. The van der Waals surface area contributed by atoms with Crippen molar-refractivity contribution in [1.82, 2.24) is 45.4 Å². The van der Waals surface area contributed by atoms with Crippen molar-refractivity contribution < 1.29 is 23.9 Å². The molecule has 9 rings (SSSR count). The summed E-state index contributed by atoms with van der Waals surface area (Å²) in [7, 11) is 1.29. The Labute approximate surface area is 376 Å². The Bertz CT molecular complexity index is 2820. The predicted molar refractivity (Wildman–Crippen MR) is 247 cm³/mol. The number of hydrogen-bond acceptors (Lipinski definition) is 8. The molecule has 2 aliphatic rings. The van der Waals surface area contributed by atoms with Crippen molar-refractivity contribution in [2.24, 2.45) is 5.92 Å². The van der Waals surface area contributed by atoms with E-state index >= 15 is 0 Å². The summed E-state index contributed by atoms with van der Waals surface area (Å²) < 4.78 is 4.78. The Morgan fingerprint density at radius 3 is 1.86 bits per heavy atom. The molecule has 7 aromatic rings. The molecule has 14 heteroatoms. The molecular weight excluding hydrogens is 819 g/mol. The average Bonchev–Trinajstić information content (AvgIpc) is 4.20. The van der Waals surface area contributed by atoms with Crippen LogP contribution in [-0.2, 0) is 14.3 Å². The van der Waals surface area contributed by atoms with Crippen LogP contribution in [0.25, 0.3) is 44.4 Å². The maximum Gasteiger partial charge on any atom is 0.407 e. The van der Waals surface area contributed by atoms with E-state index in [1.165, 1.54) is 13.3 Å². The zero-order valence-electron chi connectivity index (χ0n) is 36.5. The van der Waals surface area contributed by atoms with Gasteiger partial charge in [-0.2, -0.15) is 0 Å². The van der Waals surface area contributed by atoms with E-state index in [1.54, 1.807) is 18.3 Å². The number of aromatic amines is 2. The maximum atomic E-state index is 14.3. The van der Waals surface area contributed by atoms with Crippen molar-refractivity contribution in [3.05, 3.63) is 151 Å². The molecule has 5 heterocycles. The third-order valence-corrected chi connectivity index (χ3v) is 12.5. The minimum absolute atomic E-state index is 0.110. The van der Waals surface area contributed by atoms with Gasteiger partial charge in [-0.25, -0.2) is 14.8 Å². The lowest BCUT2D eigenvalue weighted by atomic mass is 9.98. The second-order valence-electron chi connectivity index (χ2n) is 17.0. The summed E-state index contributed by atoms with van der Waals surface area (Å²) >= 11 is 0. The van der Waals surface area contributed by atoms with Crippen LogP contribution in [0.1, 0.15) is 85.2 Å². The highest BCUT2D eigenvalue weighted by Gasteiger charge is 2.39. The number of likely N-dealkylation sites (tertiary alicyclic amines) is 2. The SMILES string of the molecule is COC(=O)N[C@H](C(=O)N1CCC[C@H]1c1ncc(-c2ccc3cc(-c4ccc(-c5cnc([C@@H]6CCCN6C(=O)[C@H](NC(=O)c6cccnc6)c6ccccc6)[nH]5)cc4)ccc3c2)[nH]1)C(C)C. The number of benzene rings is 4. The first-order valence-corrected chi connectivity index (χ1v) is 22.1. The highest BCUT2D eigenvalue weighted by atomic mass is 16.5. The minimum atomic E-state index is -0.871. The number of pyridine rings is 1. The average molecular weight is 870 g/mol. The smallest absolute Gasteiger partial charge is 0.407 e. The van der Waals surface area contributed by atoms with Gasteiger partial charge in [0.25, 0.3) is 5.91 Å². The summed E-state index contributed by atoms with van der Waals surface area (Å²) in [5, 5.41) is 7.85. The number of aromatic nitrogens is 5. The number of methoxy groups -OCH3 is 1. The summed E-state index contributed by atoms with van der Waals surface area (Å²) in [6.07, 6.45) is 9.30. The Balaban J connectivity index is 0.871. The van der Waals surface area contributed by atoms with Gasteiger partial charge < -0.3 is 35.1 Å². The largest absolute Gasteiger partial charge is 0.453 e. The number of alkyl carbamates (subject to hydrolysis) is 1. The molecular formula is C51H51N9O5. The summed E-state index contributed by atoms with van der Waals surface area (Å²) in [5.74, 6) is 0.634. The maximum absolute atomic E-state index is 14.3. The van der Waals surface area contributed by atoms with E-state index < -0.39 is 18.2 Å². The van der Waals surface area contributed by atoms with Crippen molar-refractivity contribution in [2.45, 2.75) is 63.7 Å². The van der Waals surface area contributed by atoms with E-state index in [0.29, 0.717) is 30.0 Å². The van der Waals surface area contributed by atoms with Crippen LogP contribution in [-0.4, -0.2) is 84.8 Å². The van der Waals surface area contributed by atoms with Gasteiger partial charge in [-0.05, 0) is 88.9 Å². The molecule has 2 fully saturated rings. The monoisotopic (exact) mass is 869 g/mol. The molecule has 0 saturated carbocycles. The van der Waals surface area contributed by atoms with Crippen molar-refractivity contribution in [2.75, 3.05) is 20.2 Å². The zero-order valence-corrected chi connectivity index (χ0v) is 36.5. The molecule has 0 unspecified atom stereocenters. The Morgan fingerprint density at radius 1 is 0.662 bits per heavy atom. The first kappa shape index (κ1) is 42.7. The van der Waals surface area contributed by atoms with E-state index in [1.807, 2.05) is 66.4 Å². The summed E-state index contributed by atoms with van der Waals surface area (Å²) in [6, 6.07) is 31.8. The number of carbonyl (C=O) groups is 4. The number of carbonyl (C=O) groups excluding carboxylic acids is 4. The van der Waals surface area contributed by atoms with Crippen molar-refractivity contribution >= 4 is 34.6 Å². The molecule has 14 nitrogen and oxygen atoms in total. The summed E-state index contributed by atoms with van der Waals surface area (Å²) in [6.45, 7) is 4.96. The van der Waals surface area contributed by atoms with Gasteiger partial charge in [0.05, 0.1) is 48.5 Å². The van der Waals surface area contributed by atoms with Gasteiger partial charge >= 0.3 is 6.09 Å². The molecule has 4 amide bonds. The Morgan fingerprint density at radius 2 is 1.25 bits per heavy atom. The normalized spacial score (nSPS) is 17.0. The number of nitrogens with zero attached hydrogens (tertiary/aromatic N) is 5. The van der Waals surface area contributed by atoms with Crippen LogP contribution in [0.2, 0.25) is 0 Å². The number of H-pyrrole nitrogens is 2. The third-order valence-electron chi connectivity index (χ3n) is 12.5. The van der Waals surface area contributed by atoms with Gasteiger partial charge in [-0.15, -0.1) is 0 Å². The van der Waals surface area contributed by atoms with Crippen LogP contribution in [0.5, 0.6) is 0 Å². The molecule has 330 valence electrons. The minimum Gasteiger partial charge on any atom is -0.453 e. The van der Waals surface area contributed by atoms with Crippen molar-refractivity contribution in [3.63, 3.8) is 0 Å². The molecule has 3 aromatic heterocycles. The van der Waals surface area contributed by atoms with Gasteiger partial charge in [0.2, 0.25) is 11.8 Å². The number of imidazole rings is 2. The molecule has 2 saturated heterocycles. The Kier molecular flexibility index (Phi) is 12.2. The zero-order chi connectivity index (χ0) is 45.0. The highest BCUT2D eigenvalue weighted by Crippen LogP contribution is 2.36. The summed E-state index contributed by atoms with van der Waals surface area (Å²) in [5.41, 5.74) is 6.93. The topological polar surface area (TPSA) is 178 Å². The molecule has 2 aliphatic heterocycles. The number of rotatable bonds is 12. The molecule has 4 atom stereocenters. The van der Waals surface area contributed by atoms with E-state index in [2.05, 4.69) is 86.2 Å². The van der Waals surface area contributed by atoms with Gasteiger partial charge in [0.15, 0.2) is 0 Å². The van der Waals surface area contributed by atoms with E-state index in [4.69, 9.17) is 14.7 Å². The van der Waals surface area contributed by atoms with Gasteiger partial charge in [-0.3, -0.25) is 19.4 Å². The van der Waals surface area contributed by atoms with Crippen molar-refractivity contribution in [3.8, 4) is 33.6 Å². The van der Waals surface area contributed by atoms with E-state index in [-0.39, 0.29) is 35.7 Å². The van der Waals surface area contributed by atoms with E-state index in [9.17, 15) is 19.2 Å². The molecule has 4 N–H and O–H groups in total. The lowest BCUT2D eigenvalue weighted by Gasteiger charge is -2.30. The standard InChI is InChI=1S/C51H51N9O5/c1-31(2)44(58-51(64)65-3)49(62)59-24-8-13-42(59)47-54-30-41(56-47)38-22-21-36-26-35(19-20-37(36)27-38)32-15-17-33(18-16-32)40-29-53-46(55-40)43-14-9-25-60(43)50(63)45(34-10-5-4-6-11-34)57-48(61)39-12-7-23-52-28-39/h4-7,10-12,15-23,26-31,42-45H,8-9,13-14,24-25H2,1-3H3,(H,53,55)(H,54,56)(H,57,61)(H,58,64)/t42-,43-,44-,45+/m0/s1. The molecule has 4 aromatic carbocycles. The first-order valence-electron chi connectivity index (χ1n) is 22.1. The number of hydrogen-bond donors (Lipinski definition) is 4. The van der Waals surface area contributed by atoms with Gasteiger partial charge in [0, 0.05) is 31.0 Å². The fourth-order valence-electron chi connectivity index (χ4n) is 9.06. The first-order chi connectivity index (χ1) is 31.6. The fourth-order valence-corrected chi connectivity index (χ4v) is 9.06. The van der Waals surface area contributed by atoms with Crippen LogP contribution in [0.3, 0.4) is 0 Å². The number of nitrogens with one attached hydrogen (secondary N) is 4. The number of fused-ring (bicyclic) bond motifs is 1. The highest BCUT2D eigenvalue weighted by molar-refractivity contribution is 5.98. The van der Waals surface area contributed by atoms with Crippen LogP contribution in [0, 0.1) is 5.92 Å². The van der Waals surface area contributed by atoms with Gasteiger partial charge in [0.1, 0.15) is 23.7 Å². The summed E-state index contributed by atoms with van der Waals surface area (Å²) in [4.78, 5) is 77.3. The van der Waals surface area contributed by atoms with Gasteiger partial charge in [-0.1, -0.05) is 92.7 Å². The number of ether oxygens (including phenoxy) is 1. The molecule has 0 spiro atoms. The quantitative estimate of drug-likeness (QED) is 0.0944. The number of amides is 4. The molecule has 0 radical (unpaired) electrons. The molecule has 0 aliphatic carbocycles. The second-order valence-corrected chi connectivity index (χ2v) is 17.0. The van der Waals surface area contributed by atoms with Crippen LogP contribution >= 0.6 is 0 Å². The molecule has 65 heavy (non-hydrogen) atoms. The second kappa shape index (κ2) is 18.6. The van der Waals surface area contributed by atoms with Crippen LogP contribution < -0.4 is 10.6 Å². The lowest BCUT2D eigenvalue weighted by molar-refractivity contribution is -0.135. The third kappa shape index (κ3) is 8.97. The van der Waals surface area contributed by atoms with Crippen LogP contribution in [0.4, 0.5) is 4.79 Å². The van der Waals surface area contributed by atoms with E-state index in [0.717, 1.165) is 75.9 Å². The lowest BCUT2D eigenvalue weighted by Crippen LogP contribution is -2.51. The fraction of sp³-hybridized carbons (Fsp3) is 0.275.